The molecule has 1 heterocycles. The van der Waals surface area contributed by atoms with Crippen molar-refractivity contribution in [2.75, 3.05) is 14.2 Å². The maximum atomic E-state index is 12.7. The molecule has 1 aromatic heterocycles. The zero-order chi connectivity index (χ0) is 17.3. The molecule has 1 aliphatic carbocycles. The van der Waals surface area contributed by atoms with Gasteiger partial charge in [0.15, 0.2) is 11.0 Å². The maximum Gasteiger partial charge on any atom is 0.341 e. The van der Waals surface area contributed by atoms with E-state index >= 15 is 0 Å². The fourth-order valence-electron chi connectivity index (χ4n) is 3.55. The molecule has 3 rings (SSSR count). The van der Waals surface area contributed by atoms with Crippen LogP contribution in [0.4, 0.5) is 0 Å². The van der Waals surface area contributed by atoms with Crippen LogP contribution < -0.4 is 5.43 Å². The van der Waals surface area contributed by atoms with Crippen molar-refractivity contribution in [1.29, 1.82) is 0 Å². The molecular weight excluding hydrogens is 308 g/mol. The number of fused-ring (bicyclic) bond motifs is 1. The number of para-hydroxylation sites is 1. The van der Waals surface area contributed by atoms with E-state index in [0.717, 1.165) is 25.7 Å². The predicted octanol–water partition coefficient (Wildman–Crippen LogP) is 3.56. The first-order valence-corrected chi connectivity index (χ1v) is 8.24. The fraction of sp³-hybridized carbons (Fsp3) is 0.474. The Labute approximate surface area is 140 Å². The van der Waals surface area contributed by atoms with Gasteiger partial charge >= 0.3 is 5.97 Å². The third-order valence-electron chi connectivity index (χ3n) is 4.97. The zero-order valence-corrected chi connectivity index (χ0v) is 14.3. The van der Waals surface area contributed by atoms with Crippen LogP contribution in [0.1, 0.15) is 53.3 Å². The molecule has 24 heavy (non-hydrogen) atoms. The minimum atomic E-state index is -0.498. The van der Waals surface area contributed by atoms with Crippen LogP contribution in [0.25, 0.3) is 11.0 Å². The highest BCUT2D eigenvalue weighted by Gasteiger charge is 2.27. The number of hydrogen-bond acceptors (Lipinski definition) is 5. The molecule has 0 amide bonds. The summed E-state index contributed by atoms with van der Waals surface area (Å²) in [5, 5.41) is 0.421. The predicted molar refractivity (Wildman–Crippen MR) is 90.6 cm³/mol. The summed E-state index contributed by atoms with van der Waals surface area (Å²) in [6, 6.07) is 4.98. The van der Waals surface area contributed by atoms with Crippen LogP contribution in [0.5, 0.6) is 0 Å². The standard InChI is InChI=1S/C19H22O5/c1-11-16(20)14-5-4-6-15(19(21)23-3)18(14)24-17(11)12-7-9-13(22-2)10-8-12/h4-6,12-13H,7-10H2,1-3H3/t12-,13-. The molecule has 128 valence electrons. The van der Waals surface area contributed by atoms with Gasteiger partial charge in [0.05, 0.1) is 18.6 Å². The van der Waals surface area contributed by atoms with Gasteiger partial charge in [0.1, 0.15) is 11.3 Å². The highest BCUT2D eigenvalue weighted by molar-refractivity contribution is 6.01. The van der Waals surface area contributed by atoms with E-state index in [4.69, 9.17) is 13.9 Å². The summed E-state index contributed by atoms with van der Waals surface area (Å²) in [4.78, 5) is 24.7. The number of carbonyl (C=O) groups excluding carboxylic acids is 1. The lowest BCUT2D eigenvalue weighted by Crippen LogP contribution is -2.21. The second kappa shape index (κ2) is 6.77. The third-order valence-corrected chi connectivity index (χ3v) is 4.97. The number of rotatable bonds is 3. The van der Waals surface area contributed by atoms with E-state index in [1.165, 1.54) is 7.11 Å². The molecule has 1 aliphatic rings. The van der Waals surface area contributed by atoms with Crippen LogP contribution in [0.15, 0.2) is 27.4 Å². The van der Waals surface area contributed by atoms with Gasteiger partial charge in [-0.3, -0.25) is 4.79 Å². The van der Waals surface area contributed by atoms with E-state index in [1.807, 2.05) is 0 Å². The van der Waals surface area contributed by atoms with Crippen molar-refractivity contribution in [1.82, 2.24) is 0 Å². The smallest absolute Gasteiger partial charge is 0.341 e. The zero-order valence-electron chi connectivity index (χ0n) is 14.3. The Morgan fingerprint density at radius 2 is 1.88 bits per heavy atom. The topological polar surface area (TPSA) is 65.7 Å². The minimum Gasteiger partial charge on any atom is -0.465 e. The summed E-state index contributed by atoms with van der Waals surface area (Å²) in [6.45, 7) is 1.80. The van der Waals surface area contributed by atoms with E-state index in [1.54, 1.807) is 32.2 Å². The Hall–Kier alpha value is -2.14. The van der Waals surface area contributed by atoms with Gasteiger partial charge in [-0.25, -0.2) is 4.79 Å². The number of methoxy groups -OCH3 is 2. The number of ether oxygens (including phenoxy) is 2. The van der Waals surface area contributed by atoms with Crippen LogP contribution >= 0.6 is 0 Å². The van der Waals surface area contributed by atoms with Gasteiger partial charge < -0.3 is 13.9 Å². The molecule has 0 atom stereocenters. The van der Waals surface area contributed by atoms with Crippen LogP contribution in [-0.4, -0.2) is 26.3 Å². The van der Waals surface area contributed by atoms with Crippen molar-refractivity contribution in [3.05, 3.63) is 45.3 Å². The van der Waals surface area contributed by atoms with E-state index in [9.17, 15) is 9.59 Å². The molecule has 0 aliphatic heterocycles. The van der Waals surface area contributed by atoms with Crippen LogP contribution in [-0.2, 0) is 9.47 Å². The lowest BCUT2D eigenvalue weighted by molar-refractivity contribution is 0.0601. The first kappa shape index (κ1) is 16.7. The molecule has 0 unspecified atom stereocenters. The van der Waals surface area contributed by atoms with Gasteiger partial charge in [0.25, 0.3) is 0 Å². The van der Waals surface area contributed by atoms with E-state index < -0.39 is 5.97 Å². The average molecular weight is 330 g/mol. The first-order valence-electron chi connectivity index (χ1n) is 8.24. The molecule has 2 aromatic rings. The Morgan fingerprint density at radius 3 is 2.50 bits per heavy atom. The first-order chi connectivity index (χ1) is 11.6. The molecule has 0 radical (unpaired) electrons. The second-order valence-electron chi connectivity index (χ2n) is 6.30. The second-order valence-corrected chi connectivity index (χ2v) is 6.30. The van der Waals surface area contributed by atoms with Gasteiger partial charge in [-0.05, 0) is 44.7 Å². The number of esters is 1. The molecule has 1 aromatic carbocycles. The molecule has 0 spiro atoms. The molecule has 0 N–H and O–H groups in total. The van der Waals surface area contributed by atoms with Crippen molar-refractivity contribution in [3.8, 4) is 0 Å². The quantitative estimate of drug-likeness (QED) is 0.805. The molecule has 5 heteroatoms. The normalized spacial score (nSPS) is 21.0. The number of carbonyl (C=O) groups is 1. The lowest BCUT2D eigenvalue weighted by atomic mass is 9.84. The summed E-state index contributed by atoms with van der Waals surface area (Å²) in [5.41, 5.74) is 1.17. The van der Waals surface area contributed by atoms with Crippen LogP contribution in [0, 0.1) is 6.92 Å². The van der Waals surface area contributed by atoms with Gasteiger partial charge in [-0.1, -0.05) is 6.07 Å². The van der Waals surface area contributed by atoms with Gasteiger partial charge in [0, 0.05) is 18.6 Å². The maximum absolute atomic E-state index is 12.7. The Morgan fingerprint density at radius 1 is 1.17 bits per heavy atom. The van der Waals surface area contributed by atoms with Crippen molar-refractivity contribution in [3.63, 3.8) is 0 Å². The minimum absolute atomic E-state index is 0.0779. The molecule has 1 saturated carbocycles. The summed E-state index contributed by atoms with van der Waals surface area (Å²) in [6.07, 6.45) is 3.99. The molecule has 0 bridgehead atoms. The third kappa shape index (κ3) is 2.84. The Bertz CT molecular complexity index is 812. The number of hydrogen-bond donors (Lipinski definition) is 0. The largest absolute Gasteiger partial charge is 0.465 e. The highest BCUT2D eigenvalue weighted by Crippen LogP contribution is 2.36. The van der Waals surface area contributed by atoms with Crippen LogP contribution in [0.2, 0.25) is 0 Å². The fourth-order valence-corrected chi connectivity index (χ4v) is 3.55. The van der Waals surface area contributed by atoms with Crippen molar-refractivity contribution in [2.45, 2.75) is 44.6 Å². The summed E-state index contributed by atoms with van der Waals surface area (Å²) < 4.78 is 16.3. The van der Waals surface area contributed by atoms with Gasteiger partial charge in [-0.2, -0.15) is 0 Å². The van der Waals surface area contributed by atoms with E-state index in [0.29, 0.717) is 27.9 Å². The Kier molecular flexibility index (Phi) is 4.71. The number of benzene rings is 1. The molecule has 1 fully saturated rings. The lowest BCUT2D eigenvalue weighted by Gasteiger charge is -2.27. The van der Waals surface area contributed by atoms with Gasteiger partial charge in [0.2, 0.25) is 0 Å². The monoisotopic (exact) mass is 330 g/mol. The molecule has 0 saturated heterocycles. The van der Waals surface area contributed by atoms with Crippen molar-refractivity contribution < 1.29 is 18.7 Å². The Balaban J connectivity index is 2.11. The van der Waals surface area contributed by atoms with E-state index in [2.05, 4.69) is 0 Å². The van der Waals surface area contributed by atoms with Crippen molar-refractivity contribution in [2.24, 2.45) is 0 Å². The van der Waals surface area contributed by atoms with E-state index in [-0.39, 0.29) is 17.5 Å². The van der Waals surface area contributed by atoms with Crippen molar-refractivity contribution >= 4 is 16.9 Å². The summed E-state index contributed by atoms with van der Waals surface area (Å²) in [5.74, 6) is 0.374. The summed E-state index contributed by atoms with van der Waals surface area (Å²) >= 11 is 0. The SMILES string of the molecule is COC(=O)c1cccc2c(=O)c(C)c([C@H]3CC[C@H](OC)CC3)oc12. The molecular formula is C19H22O5. The van der Waals surface area contributed by atoms with Crippen LogP contribution in [0.3, 0.4) is 0 Å². The molecule has 5 nitrogen and oxygen atoms in total. The highest BCUT2D eigenvalue weighted by atomic mass is 16.5. The van der Waals surface area contributed by atoms with Gasteiger partial charge in [-0.15, -0.1) is 0 Å². The average Bonchev–Trinajstić information content (AvgIpc) is 2.63. The summed E-state index contributed by atoms with van der Waals surface area (Å²) in [7, 11) is 3.05.